The first-order valence-corrected chi connectivity index (χ1v) is 6.17. The predicted octanol–water partition coefficient (Wildman–Crippen LogP) is 2.68. The topological polar surface area (TPSA) is 37.4 Å². The Kier molecular flexibility index (Phi) is 5.13. The Morgan fingerprint density at radius 2 is 1.82 bits per heavy atom. The summed E-state index contributed by atoms with van der Waals surface area (Å²) in [5, 5.41) is 0. The van der Waals surface area contributed by atoms with Crippen LogP contribution in [0.25, 0.3) is 0 Å². The van der Waals surface area contributed by atoms with E-state index in [2.05, 4.69) is 26.8 Å². The van der Waals surface area contributed by atoms with Crippen molar-refractivity contribution in [3.63, 3.8) is 0 Å². The number of imide groups is 1. The van der Waals surface area contributed by atoms with Crippen molar-refractivity contribution in [1.29, 1.82) is 0 Å². The third kappa shape index (κ3) is 4.55. The predicted molar refractivity (Wildman–Crippen MR) is 68.3 cm³/mol. The van der Waals surface area contributed by atoms with Crippen molar-refractivity contribution >= 4 is 11.8 Å². The molecule has 3 heteroatoms. The van der Waals surface area contributed by atoms with E-state index in [4.69, 9.17) is 0 Å². The van der Waals surface area contributed by atoms with Crippen LogP contribution in [0.3, 0.4) is 0 Å². The summed E-state index contributed by atoms with van der Waals surface area (Å²) >= 11 is 0. The van der Waals surface area contributed by atoms with Crippen molar-refractivity contribution in [3.8, 4) is 0 Å². The molecular formula is C14H21NO2. The fourth-order valence-electron chi connectivity index (χ4n) is 1.80. The van der Waals surface area contributed by atoms with Crippen LogP contribution in [-0.4, -0.2) is 23.3 Å². The summed E-state index contributed by atoms with van der Waals surface area (Å²) < 4.78 is 0. The van der Waals surface area contributed by atoms with Gasteiger partial charge in [0.2, 0.25) is 0 Å². The lowest BCUT2D eigenvalue weighted by atomic mass is 10.0. The Morgan fingerprint density at radius 3 is 2.35 bits per heavy atom. The van der Waals surface area contributed by atoms with Gasteiger partial charge in [-0.1, -0.05) is 18.6 Å². The third-order valence-corrected chi connectivity index (χ3v) is 2.96. The van der Waals surface area contributed by atoms with E-state index in [0.717, 1.165) is 19.3 Å². The average molecular weight is 235 g/mol. The molecule has 0 fully saturated rings. The molecule has 1 unspecified atom stereocenters. The molecule has 17 heavy (non-hydrogen) atoms. The van der Waals surface area contributed by atoms with Crippen molar-refractivity contribution in [2.75, 3.05) is 6.54 Å². The maximum Gasteiger partial charge on any atom is 0.253 e. The number of nitrogens with zero attached hydrogens (tertiary/aromatic N) is 1. The van der Waals surface area contributed by atoms with Crippen molar-refractivity contribution in [2.45, 2.75) is 40.0 Å². The van der Waals surface area contributed by atoms with Crippen LogP contribution in [-0.2, 0) is 9.59 Å². The highest BCUT2D eigenvalue weighted by atomic mass is 16.2. The lowest BCUT2D eigenvalue weighted by Gasteiger charge is -2.16. The van der Waals surface area contributed by atoms with Gasteiger partial charge in [0.1, 0.15) is 0 Å². The number of rotatable bonds is 6. The van der Waals surface area contributed by atoms with E-state index < -0.39 is 0 Å². The quantitative estimate of drug-likeness (QED) is 0.524. The van der Waals surface area contributed by atoms with Gasteiger partial charge in [0.25, 0.3) is 11.8 Å². The first kappa shape index (κ1) is 13.7. The summed E-state index contributed by atoms with van der Waals surface area (Å²) in [5.74, 6) is 0.185. The smallest absolute Gasteiger partial charge is 0.253 e. The Labute approximate surface area is 103 Å². The number of allylic oxidation sites excluding steroid dienone is 2. The molecule has 0 spiro atoms. The number of hydrogen-bond acceptors (Lipinski definition) is 2. The number of amides is 2. The van der Waals surface area contributed by atoms with Gasteiger partial charge in [-0.25, -0.2) is 0 Å². The molecule has 0 saturated carbocycles. The van der Waals surface area contributed by atoms with Gasteiger partial charge in [0.15, 0.2) is 0 Å². The highest BCUT2D eigenvalue weighted by molar-refractivity contribution is 6.12. The van der Waals surface area contributed by atoms with Crippen molar-refractivity contribution < 1.29 is 9.59 Å². The first-order valence-electron chi connectivity index (χ1n) is 6.17. The standard InChI is InChI=1S/C14H21NO2/c1-11(2)5-4-6-12(3)9-10-15-13(16)7-8-14(15)17/h5,7-8,12H,4,6,9-10H2,1-3H3. The van der Waals surface area contributed by atoms with Gasteiger partial charge in [-0.15, -0.1) is 0 Å². The van der Waals surface area contributed by atoms with Crippen molar-refractivity contribution in [1.82, 2.24) is 4.90 Å². The van der Waals surface area contributed by atoms with Crippen LogP contribution in [0.4, 0.5) is 0 Å². The fourth-order valence-corrected chi connectivity index (χ4v) is 1.80. The van der Waals surface area contributed by atoms with E-state index in [0.29, 0.717) is 12.5 Å². The van der Waals surface area contributed by atoms with E-state index in [1.54, 1.807) is 0 Å². The summed E-state index contributed by atoms with van der Waals surface area (Å²) in [4.78, 5) is 23.9. The fraction of sp³-hybridized carbons (Fsp3) is 0.571. The molecule has 0 bridgehead atoms. The Hall–Kier alpha value is -1.38. The second kappa shape index (κ2) is 6.38. The van der Waals surface area contributed by atoms with Crippen LogP contribution in [0.5, 0.6) is 0 Å². The molecule has 0 aromatic rings. The van der Waals surface area contributed by atoms with E-state index in [1.807, 2.05) is 0 Å². The van der Waals surface area contributed by atoms with Crippen molar-refractivity contribution in [2.24, 2.45) is 5.92 Å². The minimum Gasteiger partial charge on any atom is -0.275 e. The highest BCUT2D eigenvalue weighted by Gasteiger charge is 2.22. The monoisotopic (exact) mass is 235 g/mol. The molecule has 94 valence electrons. The Bertz CT molecular complexity index is 333. The maximum atomic E-state index is 11.3. The Balaban J connectivity index is 2.24. The van der Waals surface area contributed by atoms with Gasteiger partial charge < -0.3 is 0 Å². The highest BCUT2D eigenvalue weighted by Crippen LogP contribution is 2.14. The molecule has 0 aliphatic carbocycles. The second-order valence-electron chi connectivity index (χ2n) is 4.91. The van der Waals surface area contributed by atoms with Gasteiger partial charge in [0.05, 0.1) is 0 Å². The zero-order valence-electron chi connectivity index (χ0n) is 10.9. The van der Waals surface area contributed by atoms with Crippen LogP contribution in [0, 0.1) is 5.92 Å². The van der Waals surface area contributed by atoms with Crippen LogP contribution < -0.4 is 0 Å². The van der Waals surface area contributed by atoms with Gasteiger partial charge >= 0.3 is 0 Å². The van der Waals surface area contributed by atoms with Crippen LogP contribution >= 0.6 is 0 Å². The average Bonchev–Trinajstić information content (AvgIpc) is 2.55. The minimum atomic E-state index is -0.175. The van der Waals surface area contributed by atoms with E-state index >= 15 is 0 Å². The Morgan fingerprint density at radius 1 is 1.24 bits per heavy atom. The molecule has 0 N–H and O–H groups in total. The molecule has 0 aromatic heterocycles. The molecule has 3 nitrogen and oxygen atoms in total. The zero-order chi connectivity index (χ0) is 12.8. The third-order valence-electron chi connectivity index (χ3n) is 2.96. The molecule has 2 amide bonds. The van der Waals surface area contributed by atoms with E-state index in [1.165, 1.54) is 22.6 Å². The lowest BCUT2D eigenvalue weighted by molar-refractivity contribution is -0.136. The number of carbonyl (C=O) groups is 2. The zero-order valence-corrected chi connectivity index (χ0v) is 10.9. The van der Waals surface area contributed by atoms with Gasteiger partial charge in [-0.3, -0.25) is 14.5 Å². The molecule has 0 radical (unpaired) electrons. The maximum absolute atomic E-state index is 11.3. The van der Waals surface area contributed by atoms with Gasteiger partial charge in [0, 0.05) is 18.7 Å². The van der Waals surface area contributed by atoms with Crippen LogP contribution in [0.1, 0.15) is 40.0 Å². The van der Waals surface area contributed by atoms with E-state index in [-0.39, 0.29) is 11.8 Å². The summed E-state index contributed by atoms with van der Waals surface area (Å²) in [5.41, 5.74) is 1.34. The number of hydrogen-bond donors (Lipinski definition) is 0. The molecule has 1 aliphatic rings. The summed E-state index contributed by atoms with van der Waals surface area (Å²) in [6.07, 6.45) is 7.98. The first-order chi connectivity index (χ1) is 8.00. The largest absolute Gasteiger partial charge is 0.275 e. The molecule has 0 aromatic carbocycles. The SMILES string of the molecule is CC(C)=CCCC(C)CCN1C(=O)C=CC1=O. The molecule has 1 rings (SSSR count). The van der Waals surface area contributed by atoms with Gasteiger partial charge in [-0.2, -0.15) is 0 Å². The minimum absolute atomic E-state index is 0.175. The normalized spacial score (nSPS) is 16.5. The summed E-state index contributed by atoms with van der Waals surface area (Å²) in [7, 11) is 0. The second-order valence-corrected chi connectivity index (χ2v) is 4.91. The van der Waals surface area contributed by atoms with Crippen LogP contribution in [0.2, 0.25) is 0 Å². The van der Waals surface area contributed by atoms with Crippen LogP contribution in [0.15, 0.2) is 23.8 Å². The van der Waals surface area contributed by atoms with Crippen molar-refractivity contribution in [3.05, 3.63) is 23.8 Å². The molecular weight excluding hydrogens is 214 g/mol. The summed E-state index contributed by atoms with van der Waals surface area (Å²) in [6, 6.07) is 0. The van der Waals surface area contributed by atoms with Gasteiger partial charge in [-0.05, 0) is 39.0 Å². The lowest BCUT2D eigenvalue weighted by Crippen LogP contribution is -2.31. The number of carbonyl (C=O) groups excluding carboxylic acids is 2. The molecule has 1 atom stereocenters. The van der Waals surface area contributed by atoms with E-state index in [9.17, 15) is 9.59 Å². The molecule has 1 heterocycles. The molecule has 0 saturated heterocycles. The molecule has 1 aliphatic heterocycles. The summed E-state index contributed by atoms with van der Waals surface area (Å²) in [6.45, 7) is 6.90.